The molecule has 1 aromatic carbocycles. The molecule has 5 heteroatoms. The lowest BCUT2D eigenvalue weighted by Crippen LogP contribution is -1.99. The minimum absolute atomic E-state index is 0.478. The number of halogens is 3. The maximum Gasteiger partial charge on any atom is 0.126 e. The fraction of sp³-hybridized carbons (Fsp3) is 0.182. The van der Waals surface area contributed by atoms with E-state index in [4.69, 9.17) is 23.2 Å². The zero-order valence-corrected chi connectivity index (χ0v) is 11.6. The van der Waals surface area contributed by atoms with Gasteiger partial charge in [0.2, 0.25) is 0 Å². The molecule has 0 saturated carbocycles. The summed E-state index contributed by atoms with van der Waals surface area (Å²) in [4.78, 5) is 4.42. The van der Waals surface area contributed by atoms with Crippen molar-refractivity contribution < 1.29 is 0 Å². The molecule has 2 aromatic rings. The molecule has 0 atom stereocenters. The van der Waals surface area contributed by atoms with Crippen molar-refractivity contribution >= 4 is 55.9 Å². The van der Waals surface area contributed by atoms with E-state index in [9.17, 15) is 0 Å². The molecule has 0 bridgehead atoms. The van der Waals surface area contributed by atoms with Crippen molar-refractivity contribution in [1.82, 2.24) is 4.98 Å². The van der Waals surface area contributed by atoms with Crippen molar-refractivity contribution in [1.29, 1.82) is 0 Å². The summed E-state index contributed by atoms with van der Waals surface area (Å²) >= 11 is 15.6. The highest BCUT2D eigenvalue weighted by Gasteiger charge is 2.10. The van der Waals surface area contributed by atoms with Crippen molar-refractivity contribution in [2.45, 2.75) is 6.92 Å². The number of hydrogen-bond donors (Lipinski definition) is 1. The van der Waals surface area contributed by atoms with Crippen LogP contribution in [-0.4, -0.2) is 11.5 Å². The lowest BCUT2D eigenvalue weighted by Gasteiger charge is -2.07. The first-order valence-corrected chi connectivity index (χ1v) is 6.36. The molecule has 1 heterocycles. The average molecular weight is 320 g/mol. The van der Waals surface area contributed by atoms with Crippen LogP contribution in [0.3, 0.4) is 0 Å². The van der Waals surface area contributed by atoms with E-state index in [0.717, 1.165) is 22.2 Å². The Morgan fingerprint density at radius 1 is 1.31 bits per heavy atom. The van der Waals surface area contributed by atoms with Gasteiger partial charge < -0.3 is 5.32 Å². The van der Waals surface area contributed by atoms with Gasteiger partial charge in [0, 0.05) is 16.4 Å². The van der Waals surface area contributed by atoms with E-state index in [0.29, 0.717) is 15.6 Å². The van der Waals surface area contributed by atoms with Gasteiger partial charge in [-0.15, -0.1) is 0 Å². The maximum atomic E-state index is 6.15. The van der Waals surface area contributed by atoms with Crippen molar-refractivity contribution in [2.75, 3.05) is 11.9 Å². The third-order valence-electron chi connectivity index (χ3n) is 2.18. The van der Waals surface area contributed by atoms with E-state index in [1.165, 1.54) is 0 Å². The predicted octanol–water partition coefficient (Wildman–Crippen LogP) is 4.74. The van der Waals surface area contributed by atoms with Gasteiger partial charge >= 0.3 is 0 Å². The normalized spacial score (nSPS) is 10.8. The SMILES string of the molecule is CCNc1ccc2cc(Br)c(Cl)c(Cl)c2n1. The van der Waals surface area contributed by atoms with E-state index in [1.807, 2.05) is 25.1 Å². The lowest BCUT2D eigenvalue weighted by molar-refractivity contribution is 1.17. The number of fused-ring (bicyclic) bond motifs is 1. The summed E-state index contributed by atoms with van der Waals surface area (Å²) in [5.41, 5.74) is 0.716. The van der Waals surface area contributed by atoms with E-state index in [2.05, 4.69) is 26.2 Å². The summed E-state index contributed by atoms with van der Waals surface area (Å²) in [5, 5.41) is 5.07. The first kappa shape index (κ1) is 12.0. The molecule has 84 valence electrons. The van der Waals surface area contributed by atoms with Crippen molar-refractivity contribution in [3.8, 4) is 0 Å². The second kappa shape index (κ2) is 4.78. The van der Waals surface area contributed by atoms with Crippen molar-refractivity contribution in [3.63, 3.8) is 0 Å². The maximum absolute atomic E-state index is 6.15. The zero-order chi connectivity index (χ0) is 11.7. The van der Waals surface area contributed by atoms with Crippen LogP contribution in [-0.2, 0) is 0 Å². The van der Waals surface area contributed by atoms with Crippen LogP contribution < -0.4 is 5.32 Å². The minimum Gasteiger partial charge on any atom is -0.370 e. The number of anilines is 1. The molecule has 2 rings (SSSR count). The van der Waals surface area contributed by atoms with Crippen LogP contribution in [0.1, 0.15) is 6.92 Å². The van der Waals surface area contributed by atoms with Gasteiger partial charge in [0.25, 0.3) is 0 Å². The molecule has 0 unspecified atom stereocenters. The molecule has 0 fully saturated rings. The zero-order valence-electron chi connectivity index (χ0n) is 8.52. The number of pyridine rings is 1. The van der Waals surface area contributed by atoms with Crippen molar-refractivity contribution in [2.24, 2.45) is 0 Å². The first-order chi connectivity index (χ1) is 7.63. The molecule has 16 heavy (non-hydrogen) atoms. The van der Waals surface area contributed by atoms with Crippen LogP contribution in [0.2, 0.25) is 10.0 Å². The summed E-state index contributed by atoms with van der Waals surface area (Å²) in [6.45, 7) is 2.84. The summed E-state index contributed by atoms with van der Waals surface area (Å²) < 4.78 is 0.782. The Morgan fingerprint density at radius 3 is 2.75 bits per heavy atom. The van der Waals surface area contributed by atoms with E-state index in [-0.39, 0.29) is 0 Å². The van der Waals surface area contributed by atoms with Crippen LogP contribution in [0.5, 0.6) is 0 Å². The van der Waals surface area contributed by atoms with Gasteiger partial charge in [-0.25, -0.2) is 4.98 Å². The fourth-order valence-corrected chi connectivity index (χ4v) is 2.41. The van der Waals surface area contributed by atoms with Crippen LogP contribution in [0, 0.1) is 0 Å². The van der Waals surface area contributed by atoms with Crippen LogP contribution in [0.25, 0.3) is 10.9 Å². The Bertz CT molecular complexity index is 543. The van der Waals surface area contributed by atoms with Gasteiger partial charge in [-0.1, -0.05) is 23.2 Å². The molecular weight excluding hydrogens is 311 g/mol. The quantitative estimate of drug-likeness (QED) is 0.809. The second-order valence-corrected chi connectivity index (χ2v) is 4.90. The Balaban J connectivity index is 2.68. The monoisotopic (exact) mass is 318 g/mol. The van der Waals surface area contributed by atoms with Gasteiger partial charge in [-0.3, -0.25) is 0 Å². The highest BCUT2D eigenvalue weighted by Crippen LogP contribution is 2.36. The summed E-state index contributed by atoms with van der Waals surface area (Å²) in [6.07, 6.45) is 0. The summed E-state index contributed by atoms with van der Waals surface area (Å²) in [7, 11) is 0. The van der Waals surface area contributed by atoms with Gasteiger partial charge in [-0.05, 0) is 41.1 Å². The molecular formula is C11H9BrCl2N2. The highest BCUT2D eigenvalue weighted by molar-refractivity contribution is 9.10. The molecule has 0 radical (unpaired) electrons. The smallest absolute Gasteiger partial charge is 0.126 e. The Labute approximate surface area is 112 Å². The number of hydrogen-bond acceptors (Lipinski definition) is 2. The van der Waals surface area contributed by atoms with E-state index < -0.39 is 0 Å². The van der Waals surface area contributed by atoms with Gasteiger partial charge in [0.05, 0.1) is 15.6 Å². The van der Waals surface area contributed by atoms with Gasteiger partial charge in [-0.2, -0.15) is 0 Å². The number of aromatic nitrogens is 1. The van der Waals surface area contributed by atoms with Crippen LogP contribution >= 0.6 is 39.1 Å². The summed E-state index contributed by atoms with van der Waals surface area (Å²) in [5.74, 6) is 0.801. The molecule has 1 N–H and O–H groups in total. The van der Waals surface area contributed by atoms with E-state index in [1.54, 1.807) is 0 Å². The number of nitrogens with one attached hydrogen (secondary N) is 1. The van der Waals surface area contributed by atoms with Crippen LogP contribution in [0.15, 0.2) is 22.7 Å². The lowest BCUT2D eigenvalue weighted by atomic mass is 10.2. The number of rotatable bonds is 2. The minimum atomic E-state index is 0.478. The predicted molar refractivity (Wildman–Crippen MR) is 73.6 cm³/mol. The third-order valence-corrected chi connectivity index (χ3v) is 3.89. The Hall–Kier alpha value is -0.510. The first-order valence-electron chi connectivity index (χ1n) is 4.81. The molecule has 1 aromatic heterocycles. The molecule has 0 aliphatic carbocycles. The molecule has 0 aliphatic rings. The topological polar surface area (TPSA) is 24.9 Å². The Kier molecular flexibility index (Phi) is 3.57. The summed E-state index contributed by atoms with van der Waals surface area (Å²) in [6, 6.07) is 5.79. The molecule has 0 amide bonds. The standard InChI is InChI=1S/C11H9BrCl2N2/c1-2-15-8-4-3-6-5-7(12)9(13)10(14)11(6)16-8/h3-5H,2H2,1H3,(H,15,16). The fourth-order valence-electron chi connectivity index (χ4n) is 1.45. The highest BCUT2D eigenvalue weighted by atomic mass is 79.9. The molecule has 0 spiro atoms. The number of nitrogens with zero attached hydrogens (tertiary/aromatic N) is 1. The number of benzene rings is 1. The molecule has 0 aliphatic heterocycles. The molecule has 0 saturated heterocycles. The van der Waals surface area contributed by atoms with Crippen LogP contribution in [0.4, 0.5) is 5.82 Å². The average Bonchev–Trinajstić information content (AvgIpc) is 2.28. The Morgan fingerprint density at radius 2 is 2.06 bits per heavy atom. The van der Waals surface area contributed by atoms with Gasteiger partial charge in [0.15, 0.2) is 0 Å². The third kappa shape index (κ3) is 2.12. The molecule has 2 nitrogen and oxygen atoms in total. The van der Waals surface area contributed by atoms with E-state index >= 15 is 0 Å². The second-order valence-electron chi connectivity index (χ2n) is 3.28. The van der Waals surface area contributed by atoms with Gasteiger partial charge in [0.1, 0.15) is 5.82 Å². The van der Waals surface area contributed by atoms with Crippen molar-refractivity contribution in [3.05, 3.63) is 32.7 Å². The largest absolute Gasteiger partial charge is 0.370 e.